The Morgan fingerprint density at radius 2 is 1.53 bits per heavy atom. The highest BCUT2D eigenvalue weighted by atomic mass is 79.9. The van der Waals surface area contributed by atoms with E-state index >= 15 is 0 Å². The Labute approximate surface area is 191 Å². The van der Waals surface area contributed by atoms with Crippen molar-refractivity contribution in [2.75, 3.05) is 0 Å². The summed E-state index contributed by atoms with van der Waals surface area (Å²) in [5.41, 5.74) is 6.88. The van der Waals surface area contributed by atoms with Crippen LogP contribution in [0.4, 0.5) is 0 Å². The van der Waals surface area contributed by atoms with Gasteiger partial charge in [0.25, 0.3) is 0 Å². The quantitative estimate of drug-likeness (QED) is 0.247. The van der Waals surface area contributed by atoms with Gasteiger partial charge in [-0.25, -0.2) is 5.43 Å². The normalized spacial score (nSPS) is 11.3. The smallest absolute Gasteiger partial charge is 0.244 e. The molecule has 0 atom stereocenters. The molecular weight excluding hydrogens is 506 g/mol. The van der Waals surface area contributed by atoms with Crippen molar-refractivity contribution in [3.8, 4) is 0 Å². The van der Waals surface area contributed by atoms with Gasteiger partial charge in [0.05, 0.1) is 12.6 Å². The van der Waals surface area contributed by atoms with Gasteiger partial charge < -0.3 is 4.57 Å². The lowest BCUT2D eigenvalue weighted by Gasteiger charge is -2.05. The summed E-state index contributed by atoms with van der Waals surface area (Å²) in [5, 5.41) is 5.28. The van der Waals surface area contributed by atoms with Crippen LogP contribution in [0.5, 0.6) is 0 Å². The van der Waals surface area contributed by atoms with E-state index < -0.39 is 0 Å². The first kappa shape index (κ1) is 20.6. The zero-order chi connectivity index (χ0) is 20.9. The van der Waals surface area contributed by atoms with Gasteiger partial charge in [-0.3, -0.25) is 4.79 Å². The van der Waals surface area contributed by atoms with Crippen LogP contribution in [0.1, 0.15) is 16.7 Å². The monoisotopic (exact) mass is 523 g/mol. The van der Waals surface area contributed by atoms with Crippen LogP contribution in [-0.4, -0.2) is 16.7 Å². The van der Waals surface area contributed by atoms with Crippen molar-refractivity contribution in [3.05, 3.63) is 105 Å². The second kappa shape index (κ2) is 9.41. The molecule has 0 aliphatic carbocycles. The minimum absolute atomic E-state index is 0.146. The summed E-state index contributed by atoms with van der Waals surface area (Å²) in [5.74, 6) is -0.146. The molecule has 0 saturated carbocycles. The predicted molar refractivity (Wildman–Crippen MR) is 129 cm³/mol. The number of halogens is 2. The lowest BCUT2D eigenvalue weighted by Crippen LogP contribution is -2.19. The molecule has 1 N–H and O–H groups in total. The third-order valence-corrected chi connectivity index (χ3v) is 5.81. The number of fused-ring (bicyclic) bond motifs is 1. The molecule has 4 aromatic rings. The van der Waals surface area contributed by atoms with Crippen LogP contribution in [0, 0.1) is 0 Å². The highest BCUT2D eigenvalue weighted by Crippen LogP contribution is 2.22. The SMILES string of the molecule is O=C(Cc1ccc(Br)cc1)N/N=C\c1cn(Cc2ccc(Br)cc2)c2ccccc12. The molecule has 0 spiro atoms. The van der Waals surface area contributed by atoms with E-state index in [2.05, 4.69) is 77.4 Å². The zero-order valence-corrected chi connectivity index (χ0v) is 19.2. The van der Waals surface area contributed by atoms with Crippen LogP contribution in [0.15, 0.2) is 93.0 Å². The van der Waals surface area contributed by atoms with Gasteiger partial charge in [0.15, 0.2) is 0 Å². The Hall–Kier alpha value is -2.70. The number of benzene rings is 3. The van der Waals surface area contributed by atoms with Gasteiger partial charge in [-0.2, -0.15) is 5.10 Å². The number of carbonyl (C=O) groups is 1. The maximum Gasteiger partial charge on any atom is 0.244 e. The number of nitrogens with zero attached hydrogens (tertiary/aromatic N) is 2. The van der Waals surface area contributed by atoms with Crippen molar-refractivity contribution in [3.63, 3.8) is 0 Å². The van der Waals surface area contributed by atoms with Crippen LogP contribution in [0.3, 0.4) is 0 Å². The Balaban J connectivity index is 1.49. The van der Waals surface area contributed by atoms with Crippen molar-refractivity contribution in [1.29, 1.82) is 0 Å². The Kier molecular flexibility index (Phi) is 6.45. The summed E-state index contributed by atoms with van der Waals surface area (Å²) >= 11 is 6.87. The fourth-order valence-electron chi connectivity index (χ4n) is 3.30. The Morgan fingerprint density at radius 1 is 0.900 bits per heavy atom. The molecule has 0 bridgehead atoms. The summed E-state index contributed by atoms with van der Waals surface area (Å²) < 4.78 is 4.25. The van der Waals surface area contributed by atoms with Gasteiger partial charge in [0.2, 0.25) is 5.91 Å². The number of hydrogen-bond acceptors (Lipinski definition) is 2. The average Bonchev–Trinajstić information content (AvgIpc) is 3.09. The second-order valence-electron chi connectivity index (χ2n) is 6.95. The Bertz CT molecular complexity index is 1200. The number of para-hydroxylation sites is 1. The maximum absolute atomic E-state index is 12.2. The van der Waals surface area contributed by atoms with E-state index in [-0.39, 0.29) is 12.3 Å². The minimum atomic E-state index is -0.146. The van der Waals surface area contributed by atoms with E-state index in [9.17, 15) is 4.79 Å². The fraction of sp³-hybridized carbons (Fsp3) is 0.0833. The molecule has 0 saturated heterocycles. The largest absolute Gasteiger partial charge is 0.342 e. The number of carbonyl (C=O) groups excluding carboxylic acids is 1. The molecule has 6 heteroatoms. The van der Waals surface area contributed by atoms with E-state index in [4.69, 9.17) is 0 Å². The molecule has 0 radical (unpaired) electrons. The molecule has 4 rings (SSSR count). The lowest BCUT2D eigenvalue weighted by molar-refractivity contribution is -0.120. The maximum atomic E-state index is 12.2. The van der Waals surface area contributed by atoms with E-state index in [1.54, 1.807) is 6.21 Å². The molecule has 1 aromatic heterocycles. The number of hydrogen-bond donors (Lipinski definition) is 1. The lowest BCUT2D eigenvalue weighted by atomic mass is 10.1. The first-order chi connectivity index (χ1) is 14.6. The number of rotatable bonds is 6. The molecule has 0 aliphatic rings. The summed E-state index contributed by atoms with van der Waals surface area (Å²) in [6, 6.07) is 24.2. The molecule has 1 amide bonds. The van der Waals surface area contributed by atoms with Crippen molar-refractivity contribution >= 4 is 54.9 Å². The third kappa shape index (κ3) is 5.07. The number of aromatic nitrogens is 1. The first-order valence-electron chi connectivity index (χ1n) is 9.47. The van der Waals surface area contributed by atoms with E-state index in [0.717, 1.165) is 37.5 Å². The molecule has 1 heterocycles. The number of amides is 1. The zero-order valence-electron chi connectivity index (χ0n) is 16.1. The number of nitrogens with one attached hydrogen (secondary N) is 1. The van der Waals surface area contributed by atoms with Gasteiger partial charge in [-0.1, -0.05) is 74.3 Å². The fourth-order valence-corrected chi connectivity index (χ4v) is 3.83. The first-order valence-corrected chi connectivity index (χ1v) is 11.1. The summed E-state index contributed by atoms with van der Waals surface area (Å²) in [6.07, 6.45) is 4.06. The van der Waals surface area contributed by atoms with Crippen LogP contribution in [0.25, 0.3) is 10.9 Å². The van der Waals surface area contributed by atoms with Crippen LogP contribution >= 0.6 is 31.9 Å². The van der Waals surface area contributed by atoms with Gasteiger partial charge in [-0.15, -0.1) is 0 Å². The predicted octanol–water partition coefficient (Wildman–Crippen LogP) is 5.91. The highest BCUT2D eigenvalue weighted by molar-refractivity contribution is 9.10. The van der Waals surface area contributed by atoms with E-state index in [0.29, 0.717) is 0 Å². The molecular formula is C24H19Br2N3O. The molecule has 3 aromatic carbocycles. The van der Waals surface area contributed by atoms with E-state index in [1.807, 2.05) is 48.5 Å². The van der Waals surface area contributed by atoms with Crippen LogP contribution in [-0.2, 0) is 17.8 Å². The summed E-state index contributed by atoms with van der Waals surface area (Å²) in [6.45, 7) is 0.761. The molecule has 0 unspecified atom stereocenters. The van der Waals surface area contributed by atoms with Gasteiger partial charge in [0, 0.05) is 38.2 Å². The summed E-state index contributed by atoms with van der Waals surface area (Å²) in [7, 11) is 0. The molecule has 0 fully saturated rings. The minimum Gasteiger partial charge on any atom is -0.342 e. The van der Waals surface area contributed by atoms with E-state index in [1.165, 1.54) is 5.56 Å². The van der Waals surface area contributed by atoms with Gasteiger partial charge in [-0.05, 0) is 41.5 Å². The topological polar surface area (TPSA) is 46.4 Å². The van der Waals surface area contributed by atoms with Crippen molar-refractivity contribution < 1.29 is 4.79 Å². The molecule has 150 valence electrons. The molecule has 30 heavy (non-hydrogen) atoms. The average molecular weight is 525 g/mol. The van der Waals surface area contributed by atoms with Crippen molar-refractivity contribution in [2.24, 2.45) is 5.10 Å². The molecule has 0 aliphatic heterocycles. The third-order valence-electron chi connectivity index (χ3n) is 4.76. The summed E-state index contributed by atoms with van der Waals surface area (Å²) in [4.78, 5) is 12.2. The van der Waals surface area contributed by atoms with Crippen molar-refractivity contribution in [2.45, 2.75) is 13.0 Å². The van der Waals surface area contributed by atoms with Gasteiger partial charge >= 0.3 is 0 Å². The number of hydrazone groups is 1. The van der Waals surface area contributed by atoms with Crippen LogP contribution in [0.2, 0.25) is 0 Å². The second-order valence-corrected chi connectivity index (χ2v) is 8.78. The molecule has 4 nitrogen and oxygen atoms in total. The van der Waals surface area contributed by atoms with Crippen molar-refractivity contribution in [1.82, 2.24) is 9.99 Å². The standard InChI is InChI=1S/C24H19Br2N3O/c25-20-9-5-17(6-10-20)13-24(30)28-27-14-19-16-29(23-4-2-1-3-22(19)23)15-18-7-11-21(26)12-8-18/h1-12,14,16H,13,15H2,(H,28,30)/b27-14-. The highest BCUT2D eigenvalue weighted by Gasteiger charge is 2.08. The Morgan fingerprint density at radius 3 is 2.23 bits per heavy atom. The van der Waals surface area contributed by atoms with Crippen LogP contribution < -0.4 is 5.43 Å². The van der Waals surface area contributed by atoms with Gasteiger partial charge in [0.1, 0.15) is 0 Å².